The van der Waals surface area contributed by atoms with Crippen LogP contribution in [0.3, 0.4) is 0 Å². The third-order valence-electron chi connectivity index (χ3n) is 6.39. The molecule has 2 N–H and O–H groups in total. The maximum atomic E-state index is 13.5. The monoisotopic (exact) mass is 470 g/mol. The van der Waals surface area contributed by atoms with Crippen molar-refractivity contribution in [3.63, 3.8) is 0 Å². The van der Waals surface area contributed by atoms with Crippen LogP contribution in [0.2, 0.25) is 0 Å². The van der Waals surface area contributed by atoms with Crippen LogP contribution < -0.4 is 4.74 Å². The molecule has 0 bridgehead atoms. The van der Waals surface area contributed by atoms with Crippen LogP contribution in [0, 0.1) is 5.82 Å². The molecule has 1 aromatic heterocycles. The lowest BCUT2D eigenvalue weighted by Gasteiger charge is -2.26. The van der Waals surface area contributed by atoms with Gasteiger partial charge in [0.25, 0.3) is 11.7 Å². The van der Waals surface area contributed by atoms with Crippen LogP contribution in [-0.2, 0) is 16.0 Å². The zero-order chi connectivity index (χ0) is 24.5. The number of carbonyl (C=O) groups excluding carboxylic acids is 2. The van der Waals surface area contributed by atoms with E-state index in [2.05, 4.69) is 4.98 Å². The van der Waals surface area contributed by atoms with Crippen LogP contribution in [0.5, 0.6) is 5.75 Å². The number of aliphatic hydroxyl groups is 1. The molecule has 3 aromatic carbocycles. The number of H-pyrrole nitrogens is 1. The van der Waals surface area contributed by atoms with Gasteiger partial charge in [-0.25, -0.2) is 4.39 Å². The van der Waals surface area contributed by atoms with E-state index in [1.807, 2.05) is 30.5 Å². The van der Waals surface area contributed by atoms with E-state index in [1.165, 1.54) is 36.3 Å². The second kappa shape index (κ2) is 9.10. The Morgan fingerprint density at radius 3 is 2.51 bits per heavy atom. The minimum atomic E-state index is -0.860. The fourth-order valence-electron chi connectivity index (χ4n) is 4.67. The number of rotatable bonds is 6. The first-order chi connectivity index (χ1) is 17.0. The molecule has 4 aromatic rings. The molecule has 0 spiro atoms. The highest BCUT2D eigenvalue weighted by Crippen LogP contribution is 2.42. The number of nitrogens with zero attached hydrogens (tertiary/aromatic N) is 1. The van der Waals surface area contributed by atoms with Gasteiger partial charge in [0.15, 0.2) is 0 Å². The first-order valence-electron chi connectivity index (χ1n) is 11.2. The van der Waals surface area contributed by atoms with Gasteiger partial charge in [0.2, 0.25) is 0 Å². The Morgan fingerprint density at radius 1 is 1.03 bits per heavy atom. The summed E-state index contributed by atoms with van der Waals surface area (Å²) in [6.07, 6.45) is 2.40. The molecule has 6 nitrogen and oxygen atoms in total. The smallest absolute Gasteiger partial charge is 0.295 e. The van der Waals surface area contributed by atoms with Crippen molar-refractivity contribution >= 4 is 28.4 Å². The van der Waals surface area contributed by atoms with E-state index in [1.54, 1.807) is 24.3 Å². The quantitative estimate of drug-likeness (QED) is 0.237. The second-order valence-corrected chi connectivity index (χ2v) is 8.35. The lowest BCUT2D eigenvalue weighted by molar-refractivity contribution is -0.139. The number of hydrogen-bond donors (Lipinski definition) is 2. The van der Waals surface area contributed by atoms with Gasteiger partial charge < -0.3 is 19.7 Å². The number of fused-ring (bicyclic) bond motifs is 1. The van der Waals surface area contributed by atoms with Crippen LogP contribution in [0.15, 0.2) is 84.6 Å². The SMILES string of the molecule is COc1ccccc1C1/C(=C(/O)c2ccc(F)cc2)C(=O)C(=O)N1CCc1c[nH]c2ccccc12. The van der Waals surface area contributed by atoms with Crippen molar-refractivity contribution in [1.82, 2.24) is 9.88 Å². The number of aromatic amines is 1. The van der Waals surface area contributed by atoms with Crippen molar-refractivity contribution in [2.75, 3.05) is 13.7 Å². The molecule has 1 atom stereocenters. The summed E-state index contributed by atoms with van der Waals surface area (Å²) < 4.78 is 19.0. The van der Waals surface area contributed by atoms with E-state index in [4.69, 9.17) is 4.74 Å². The summed E-state index contributed by atoms with van der Waals surface area (Å²) in [6, 6.07) is 19.2. The normalized spacial score (nSPS) is 17.3. The number of carbonyl (C=O) groups is 2. The largest absolute Gasteiger partial charge is 0.507 e. The number of nitrogens with one attached hydrogen (secondary N) is 1. The molecule has 1 unspecified atom stereocenters. The Bertz CT molecular complexity index is 1460. The summed E-state index contributed by atoms with van der Waals surface area (Å²) in [7, 11) is 1.51. The van der Waals surface area contributed by atoms with Gasteiger partial charge in [-0.1, -0.05) is 36.4 Å². The fourth-order valence-corrected chi connectivity index (χ4v) is 4.67. The van der Waals surface area contributed by atoms with Gasteiger partial charge in [-0.2, -0.15) is 0 Å². The molecule has 1 amide bonds. The third-order valence-corrected chi connectivity index (χ3v) is 6.39. The molecule has 0 radical (unpaired) electrons. The highest BCUT2D eigenvalue weighted by atomic mass is 19.1. The molecule has 1 fully saturated rings. The van der Waals surface area contributed by atoms with Gasteiger partial charge in [-0.15, -0.1) is 0 Å². The van der Waals surface area contributed by atoms with Crippen LogP contribution in [0.4, 0.5) is 4.39 Å². The third kappa shape index (κ3) is 3.95. The molecule has 1 saturated heterocycles. The number of likely N-dealkylation sites (tertiary alicyclic amines) is 1. The van der Waals surface area contributed by atoms with Gasteiger partial charge in [0, 0.05) is 34.8 Å². The zero-order valence-electron chi connectivity index (χ0n) is 19.0. The molecule has 1 aliphatic rings. The number of amides is 1. The molecule has 35 heavy (non-hydrogen) atoms. The molecule has 176 valence electrons. The van der Waals surface area contributed by atoms with Crippen molar-refractivity contribution in [3.8, 4) is 5.75 Å². The number of aliphatic hydroxyl groups excluding tert-OH is 1. The molecule has 7 heteroatoms. The fraction of sp³-hybridized carbons (Fsp3) is 0.143. The molecule has 0 saturated carbocycles. The number of ketones is 1. The maximum absolute atomic E-state index is 13.5. The van der Waals surface area contributed by atoms with Crippen molar-refractivity contribution in [2.24, 2.45) is 0 Å². The minimum absolute atomic E-state index is 0.0509. The summed E-state index contributed by atoms with van der Waals surface area (Å²) in [5.41, 5.74) is 2.78. The molecule has 0 aliphatic carbocycles. The number of methoxy groups -OCH3 is 1. The average molecular weight is 471 g/mol. The predicted octanol–water partition coefficient (Wildman–Crippen LogP) is 4.98. The second-order valence-electron chi connectivity index (χ2n) is 8.35. The number of Topliss-reactive ketones (excluding diaryl/α,β-unsaturated/α-hetero) is 1. The van der Waals surface area contributed by atoms with Crippen molar-refractivity contribution in [1.29, 1.82) is 0 Å². The van der Waals surface area contributed by atoms with Crippen molar-refractivity contribution in [2.45, 2.75) is 12.5 Å². The van der Waals surface area contributed by atoms with Crippen LogP contribution >= 0.6 is 0 Å². The summed E-state index contributed by atoms with van der Waals surface area (Å²) in [6.45, 7) is 0.245. The zero-order valence-corrected chi connectivity index (χ0v) is 19.0. The van der Waals surface area contributed by atoms with Crippen LogP contribution in [-0.4, -0.2) is 40.3 Å². The topological polar surface area (TPSA) is 82.6 Å². The first-order valence-corrected chi connectivity index (χ1v) is 11.2. The lowest BCUT2D eigenvalue weighted by atomic mass is 9.94. The number of para-hydroxylation sites is 2. The van der Waals surface area contributed by atoms with E-state index in [9.17, 15) is 19.1 Å². The standard InChI is InChI=1S/C28H23FN2O4/c1-35-23-9-5-3-7-21(23)25-24(26(32)17-10-12-19(29)13-11-17)27(33)28(34)31(25)15-14-18-16-30-22-8-4-2-6-20(18)22/h2-13,16,25,30,32H,14-15H2,1H3/b26-24-. The average Bonchev–Trinajstić information content (AvgIpc) is 3.41. The van der Waals surface area contributed by atoms with Gasteiger partial charge in [-0.3, -0.25) is 9.59 Å². The molecule has 1 aliphatic heterocycles. The van der Waals surface area contributed by atoms with E-state index in [0.29, 0.717) is 17.7 Å². The summed E-state index contributed by atoms with van der Waals surface area (Å²) >= 11 is 0. The molecular formula is C28H23FN2O4. The summed E-state index contributed by atoms with van der Waals surface area (Å²) in [5, 5.41) is 12.2. The van der Waals surface area contributed by atoms with E-state index < -0.39 is 23.5 Å². The Hall–Kier alpha value is -4.39. The molecular weight excluding hydrogens is 447 g/mol. The summed E-state index contributed by atoms with van der Waals surface area (Å²) in [4.78, 5) is 31.2. The van der Waals surface area contributed by atoms with Crippen molar-refractivity contribution in [3.05, 3.63) is 107 Å². The Kier molecular flexibility index (Phi) is 5.82. The predicted molar refractivity (Wildman–Crippen MR) is 130 cm³/mol. The van der Waals surface area contributed by atoms with E-state index >= 15 is 0 Å². The van der Waals surface area contributed by atoms with Crippen molar-refractivity contribution < 1.29 is 23.8 Å². The molecule has 5 rings (SSSR count). The first kappa shape index (κ1) is 22.4. The Labute approximate surface area is 201 Å². The van der Waals surface area contributed by atoms with Gasteiger partial charge in [-0.05, 0) is 48.4 Å². The Morgan fingerprint density at radius 2 is 1.74 bits per heavy atom. The molecule has 2 heterocycles. The van der Waals surface area contributed by atoms with Crippen LogP contribution in [0.1, 0.15) is 22.7 Å². The maximum Gasteiger partial charge on any atom is 0.295 e. The van der Waals surface area contributed by atoms with E-state index in [0.717, 1.165) is 16.5 Å². The highest BCUT2D eigenvalue weighted by molar-refractivity contribution is 6.46. The number of aromatic nitrogens is 1. The van der Waals surface area contributed by atoms with Gasteiger partial charge in [0.1, 0.15) is 17.3 Å². The van der Waals surface area contributed by atoms with E-state index in [-0.39, 0.29) is 23.4 Å². The Balaban J connectivity index is 1.59. The lowest BCUT2D eigenvalue weighted by Crippen LogP contribution is -2.31. The number of halogens is 1. The number of ether oxygens (including phenoxy) is 1. The van der Waals surface area contributed by atoms with Gasteiger partial charge in [0.05, 0.1) is 18.7 Å². The number of benzene rings is 3. The van der Waals surface area contributed by atoms with Gasteiger partial charge >= 0.3 is 0 Å². The summed E-state index contributed by atoms with van der Waals surface area (Å²) in [5.74, 6) is -1.83. The minimum Gasteiger partial charge on any atom is -0.507 e. The van der Waals surface area contributed by atoms with Crippen LogP contribution in [0.25, 0.3) is 16.7 Å². The number of hydrogen-bond acceptors (Lipinski definition) is 4. The highest BCUT2D eigenvalue weighted by Gasteiger charge is 2.46.